The van der Waals surface area contributed by atoms with E-state index in [1.165, 1.54) is 0 Å². The molecular formula is C16H18N2O2S. The van der Waals surface area contributed by atoms with E-state index in [0.29, 0.717) is 9.79 Å². The molecule has 0 atom stereocenters. The number of sulfone groups is 1. The van der Waals surface area contributed by atoms with Crippen LogP contribution in [-0.2, 0) is 9.84 Å². The molecule has 0 radical (unpaired) electrons. The molecule has 0 amide bonds. The van der Waals surface area contributed by atoms with Crippen molar-refractivity contribution in [1.29, 1.82) is 0 Å². The van der Waals surface area contributed by atoms with Gasteiger partial charge in [-0.1, -0.05) is 18.2 Å². The molecule has 0 bridgehead atoms. The van der Waals surface area contributed by atoms with Crippen LogP contribution in [0.15, 0.2) is 64.4 Å². The molecule has 1 aliphatic rings. The molecule has 0 saturated carbocycles. The Labute approximate surface area is 125 Å². The summed E-state index contributed by atoms with van der Waals surface area (Å²) in [7, 11) is -3.42. The maximum Gasteiger partial charge on any atom is 0.206 e. The molecule has 110 valence electrons. The van der Waals surface area contributed by atoms with Crippen molar-refractivity contribution in [3.05, 3.63) is 54.6 Å². The summed E-state index contributed by atoms with van der Waals surface area (Å²) in [4.78, 5) is 2.93. The zero-order chi connectivity index (χ0) is 14.7. The van der Waals surface area contributed by atoms with Crippen molar-refractivity contribution in [2.75, 3.05) is 31.1 Å². The SMILES string of the molecule is O=S(=O)(c1ccccc1)c1ccc(N2CCNCC2)cc1. The van der Waals surface area contributed by atoms with Crippen LogP contribution in [0, 0.1) is 0 Å². The molecule has 2 aromatic rings. The summed E-state index contributed by atoms with van der Waals surface area (Å²) in [5.41, 5.74) is 1.07. The number of benzene rings is 2. The van der Waals surface area contributed by atoms with E-state index in [9.17, 15) is 8.42 Å². The highest BCUT2D eigenvalue weighted by Gasteiger charge is 2.18. The molecule has 0 aliphatic carbocycles. The Bertz CT molecular complexity index is 691. The van der Waals surface area contributed by atoms with Crippen LogP contribution in [0.4, 0.5) is 5.69 Å². The van der Waals surface area contributed by atoms with Gasteiger partial charge in [-0.2, -0.15) is 0 Å². The van der Waals surface area contributed by atoms with Crippen molar-refractivity contribution >= 4 is 15.5 Å². The van der Waals surface area contributed by atoms with Crippen molar-refractivity contribution in [3.63, 3.8) is 0 Å². The van der Waals surface area contributed by atoms with Crippen LogP contribution in [0.25, 0.3) is 0 Å². The minimum absolute atomic E-state index is 0.333. The molecule has 0 aromatic heterocycles. The van der Waals surface area contributed by atoms with Gasteiger partial charge >= 0.3 is 0 Å². The highest BCUT2D eigenvalue weighted by molar-refractivity contribution is 7.91. The second-order valence-electron chi connectivity index (χ2n) is 5.05. The fourth-order valence-electron chi connectivity index (χ4n) is 2.49. The third kappa shape index (κ3) is 2.94. The van der Waals surface area contributed by atoms with Crippen LogP contribution < -0.4 is 10.2 Å². The molecule has 0 spiro atoms. The largest absolute Gasteiger partial charge is 0.369 e. The lowest BCUT2D eigenvalue weighted by molar-refractivity contribution is 0.588. The Morgan fingerprint density at radius 2 is 1.38 bits per heavy atom. The monoisotopic (exact) mass is 302 g/mol. The number of piperazine rings is 1. The van der Waals surface area contributed by atoms with Gasteiger partial charge in [-0.3, -0.25) is 0 Å². The maximum absolute atomic E-state index is 12.5. The Hall–Kier alpha value is -1.85. The number of nitrogens with zero attached hydrogens (tertiary/aromatic N) is 1. The summed E-state index contributed by atoms with van der Waals surface area (Å²) in [5.74, 6) is 0. The van der Waals surface area contributed by atoms with E-state index in [1.54, 1.807) is 36.4 Å². The molecule has 1 aliphatic heterocycles. The van der Waals surface area contributed by atoms with Gasteiger partial charge in [-0.25, -0.2) is 8.42 Å². The molecule has 21 heavy (non-hydrogen) atoms. The second kappa shape index (κ2) is 5.87. The summed E-state index contributed by atoms with van der Waals surface area (Å²) in [6.07, 6.45) is 0. The number of hydrogen-bond donors (Lipinski definition) is 1. The summed E-state index contributed by atoms with van der Waals surface area (Å²) in [6.45, 7) is 3.82. The molecule has 1 heterocycles. The van der Waals surface area contributed by atoms with Crippen molar-refractivity contribution < 1.29 is 8.42 Å². The van der Waals surface area contributed by atoms with E-state index in [4.69, 9.17) is 0 Å². The van der Waals surface area contributed by atoms with Gasteiger partial charge in [0.1, 0.15) is 0 Å². The van der Waals surface area contributed by atoms with Crippen LogP contribution in [0.3, 0.4) is 0 Å². The predicted octanol–water partition coefficient (Wildman–Crippen LogP) is 1.93. The number of nitrogens with one attached hydrogen (secondary N) is 1. The van der Waals surface area contributed by atoms with E-state index in [0.717, 1.165) is 31.9 Å². The fraction of sp³-hybridized carbons (Fsp3) is 0.250. The first-order chi connectivity index (χ1) is 10.2. The van der Waals surface area contributed by atoms with Gasteiger partial charge in [0.25, 0.3) is 0 Å². The molecule has 0 unspecified atom stereocenters. The Balaban J connectivity index is 1.87. The molecule has 1 fully saturated rings. The molecular weight excluding hydrogens is 284 g/mol. The number of hydrogen-bond acceptors (Lipinski definition) is 4. The van der Waals surface area contributed by atoms with Crippen LogP contribution in [0.1, 0.15) is 0 Å². The van der Waals surface area contributed by atoms with E-state index >= 15 is 0 Å². The van der Waals surface area contributed by atoms with Gasteiger partial charge in [-0.15, -0.1) is 0 Å². The van der Waals surface area contributed by atoms with Crippen molar-refractivity contribution in [3.8, 4) is 0 Å². The normalized spacial score (nSPS) is 15.9. The quantitative estimate of drug-likeness (QED) is 0.941. The van der Waals surface area contributed by atoms with Crippen LogP contribution in [0.5, 0.6) is 0 Å². The van der Waals surface area contributed by atoms with Crippen LogP contribution in [-0.4, -0.2) is 34.6 Å². The zero-order valence-corrected chi connectivity index (χ0v) is 12.5. The van der Waals surface area contributed by atoms with Gasteiger partial charge in [-0.05, 0) is 36.4 Å². The third-order valence-corrected chi connectivity index (χ3v) is 5.47. The Kier molecular flexibility index (Phi) is 3.94. The second-order valence-corrected chi connectivity index (χ2v) is 7.00. The highest BCUT2D eigenvalue weighted by atomic mass is 32.2. The molecule has 3 rings (SSSR count). The molecule has 4 nitrogen and oxygen atoms in total. The van der Waals surface area contributed by atoms with Gasteiger partial charge in [0.15, 0.2) is 0 Å². The minimum Gasteiger partial charge on any atom is -0.369 e. The summed E-state index contributed by atoms with van der Waals surface area (Å²) in [6, 6.07) is 15.7. The lowest BCUT2D eigenvalue weighted by Gasteiger charge is -2.29. The molecule has 2 aromatic carbocycles. The van der Waals surface area contributed by atoms with E-state index in [2.05, 4.69) is 10.2 Å². The van der Waals surface area contributed by atoms with Gasteiger partial charge < -0.3 is 10.2 Å². The van der Waals surface area contributed by atoms with E-state index in [1.807, 2.05) is 18.2 Å². The number of rotatable bonds is 3. The fourth-order valence-corrected chi connectivity index (χ4v) is 3.78. The average Bonchev–Trinajstić information content (AvgIpc) is 2.57. The summed E-state index contributed by atoms with van der Waals surface area (Å²) in [5, 5.41) is 3.30. The summed E-state index contributed by atoms with van der Waals surface area (Å²) < 4.78 is 25.0. The number of anilines is 1. The third-order valence-electron chi connectivity index (χ3n) is 3.68. The Morgan fingerprint density at radius 1 is 0.810 bits per heavy atom. The molecule has 1 N–H and O–H groups in total. The van der Waals surface area contributed by atoms with Gasteiger partial charge in [0, 0.05) is 31.9 Å². The van der Waals surface area contributed by atoms with E-state index in [-0.39, 0.29) is 0 Å². The van der Waals surface area contributed by atoms with Crippen LogP contribution >= 0.6 is 0 Å². The highest BCUT2D eigenvalue weighted by Crippen LogP contribution is 2.23. The van der Waals surface area contributed by atoms with Crippen molar-refractivity contribution in [2.24, 2.45) is 0 Å². The first-order valence-corrected chi connectivity index (χ1v) is 8.52. The van der Waals surface area contributed by atoms with Crippen molar-refractivity contribution in [2.45, 2.75) is 9.79 Å². The molecule has 5 heteroatoms. The van der Waals surface area contributed by atoms with E-state index < -0.39 is 9.84 Å². The average molecular weight is 302 g/mol. The summed E-state index contributed by atoms with van der Waals surface area (Å²) >= 11 is 0. The lowest BCUT2D eigenvalue weighted by atomic mass is 10.2. The first-order valence-electron chi connectivity index (χ1n) is 7.04. The minimum atomic E-state index is -3.42. The first kappa shape index (κ1) is 14.1. The smallest absolute Gasteiger partial charge is 0.206 e. The van der Waals surface area contributed by atoms with Gasteiger partial charge in [0.2, 0.25) is 9.84 Å². The lowest BCUT2D eigenvalue weighted by Crippen LogP contribution is -2.43. The van der Waals surface area contributed by atoms with Gasteiger partial charge in [0.05, 0.1) is 9.79 Å². The topological polar surface area (TPSA) is 49.4 Å². The molecule has 1 saturated heterocycles. The van der Waals surface area contributed by atoms with Crippen molar-refractivity contribution in [1.82, 2.24) is 5.32 Å². The maximum atomic E-state index is 12.5. The Morgan fingerprint density at radius 3 is 2.00 bits per heavy atom. The van der Waals surface area contributed by atoms with Crippen LogP contribution in [0.2, 0.25) is 0 Å². The zero-order valence-electron chi connectivity index (χ0n) is 11.7. The predicted molar refractivity (Wildman–Crippen MR) is 83.4 cm³/mol. The standard InChI is InChI=1S/C16H18N2O2S/c19-21(20,15-4-2-1-3-5-15)16-8-6-14(7-9-16)18-12-10-17-11-13-18/h1-9,17H,10-13H2.